The van der Waals surface area contributed by atoms with Crippen LogP contribution in [-0.4, -0.2) is 81.0 Å². The monoisotopic (exact) mass is 471 g/mol. The Morgan fingerprint density at radius 2 is 1.64 bits per heavy atom. The number of carbonyl (C=O) groups excluding carboxylic acids is 1. The number of cyclic esters (lactones) is 1. The maximum absolute atomic E-state index is 13.1. The maximum atomic E-state index is 13.1. The Hall–Kier alpha value is -2.42. The summed E-state index contributed by atoms with van der Waals surface area (Å²) in [5.74, 6) is 0.0981. The largest absolute Gasteiger partial charge is 0.448 e. The van der Waals surface area contributed by atoms with E-state index in [0.29, 0.717) is 24.6 Å². The summed E-state index contributed by atoms with van der Waals surface area (Å²) in [5, 5.41) is 0. The number of nitrogens with zero attached hydrogens (tertiary/aromatic N) is 3. The van der Waals surface area contributed by atoms with E-state index in [2.05, 4.69) is 17.0 Å². The molecule has 1 atom stereocenters. The van der Waals surface area contributed by atoms with Gasteiger partial charge in [-0.05, 0) is 49.4 Å². The van der Waals surface area contributed by atoms with Crippen molar-refractivity contribution in [2.75, 3.05) is 46.4 Å². The Labute approximate surface area is 197 Å². The maximum Gasteiger partial charge on any atom is 0.410 e. The first kappa shape index (κ1) is 23.7. The average Bonchev–Trinajstić information content (AvgIpc) is 3.28. The molecule has 2 aromatic carbocycles. The number of likely N-dealkylation sites (N-methyl/N-ethyl adjacent to an activating group) is 1. The van der Waals surface area contributed by atoms with Crippen LogP contribution in [0.2, 0.25) is 0 Å². The minimum Gasteiger partial charge on any atom is -0.448 e. The number of rotatable bonds is 9. The van der Waals surface area contributed by atoms with Gasteiger partial charge in [-0.3, -0.25) is 0 Å². The molecule has 4 rings (SSSR count). The van der Waals surface area contributed by atoms with Crippen molar-refractivity contribution in [3.63, 3.8) is 0 Å². The van der Waals surface area contributed by atoms with Crippen molar-refractivity contribution in [1.29, 1.82) is 0 Å². The normalized spacial score (nSPS) is 19.1. The molecule has 0 spiro atoms. The first-order chi connectivity index (χ1) is 15.9. The summed E-state index contributed by atoms with van der Waals surface area (Å²) in [7, 11) is -1.87. The second-order valence-electron chi connectivity index (χ2n) is 8.88. The van der Waals surface area contributed by atoms with Crippen molar-refractivity contribution in [2.45, 2.75) is 36.1 Å². The van der Waals surface area contributed by atoms with Crippen LogP contribution >= 0.6 is 0 Å². The predicted octanol–water partition coefficient (Wildman–Crippen LogP) is 3.40. The summed E-state index contributed by atoms with van der Waals surface area (Å²) in [4.78, 5) is 16.5. The highest BCUT2D eigenvalue weighted by Crippen LogP contribution is 2.26. The van der Waals surface area contributed by atoms with Crippen LogP contribution in [0.15, 0.2) is 65.6 Å². The molecular weight excluding hydrogens is 438 g/mol. The van der Waals surface area contributed by atoms with Gasteiger partial charge >= 0.3 is 6.09 Å². The van der Waals surface area contributed by atoms with Gasteiger partial charge in [0.15, 0.2) is 0 Å². The molecule has 0 radical (unpaired) electrons. The highest BCUT2D eigenvalue weighted by atomic mass is 32.2. The highest BCUT2D eigenvalue weighted by molar-refractivity contribution is 7.89. The van der Waals surface area contributed by atoms with E-state index in [-0.39, 0.29) is 18.1 Å². The minimum absolute atomic E-state index is 0.0981. The van der Waals surface area contributed by atoms with Crippen LogP contribution in [-0.2, 0) is 14.8 Å². The number of ether oxygens (including phenoxy) is 1. The zero-order valence-corrected chi connectivity index (χ0v) is 20.0. The summed E-state index contributed by atoms with van der Waals surface area (Å²) in [6.45, 7) is 4.40. The number of piperidine rings is 1. The van der Waals surface area contributed by atoms with Gasteiger partial charge in [-0.25, -0.2) is 17.5 Å². The summed E-state index contributed by atoms with van der Waals surface area (Å²) in [6.07, 6.45) is 2.59. The fourth-order valence-electron chi connectivity index (χ4n) is 4.80. The summed E-state index contributed by atoms with van der Waals surface area (Å²) >= 11 is 0. The van der Waals surface area contributed by atoms with E-state index < -0.39 is 10.0 Å². The fraction of sp³-hybridized carbons (Fsp3) is 0.480. The average molecular weight is 472 g/mol. The number of likely N-dealkylation sites (tertiary alicyclic amines) is 1. The molecule has 8 heteroatoms. The Morgan fingerprint density at radius 3 is 2.24 bits per heavy atom. The second-order valence-corrected chi connectivity index (χ2v) is 10.9. The van der Waals surface area contributed by atoms with E-state index in [1.54, 1.807) is 31.3 Å². The zero-order chi connectivity index (χ0) is 23.3. The number of carbonyl (C=O) groups is 1. The van der Waals surface area contributed by atoms with E-state index in [9.17, 15) is 13.2 Å². The lowest BCUT2D eigenvalue weighted by Gasteiger charge is -2.36. The van der Waals surface area contributed by atoms with Crippen molar-refractivity contribution in [3.8, 4) is 0 Å². The smallest absolute Gasteiger partial charge is 0.410 e. The van der Waals surface area contributed by atoms with Crippen molar-refractivity contribution in [2.24, 2.45) is 0 Å². The number of hydrogen-bond donors (Lipinski definition) is 0. The molecule has 178 valence electrons. The molecule has 33 heavy (non-hydrogen) atoms. The van der Waals surface area contributed by atoms with Crippen LogP contribution in [0.1, 0.15) is 30.7 Å². The van der Waals surface area contributed by atoms with E-state index >= 15 is 0 Å². The molecule has 2 heterocycles. The number of amides is 1. The lowest BCUT2D eigenvalue weighted by atomic mass is 9.94. The third kappa shape index (κ3) is 5.75. The van der Waals surface area contributed by atoms with Crippen LogP contribution < -0.4 is 0 Å². The molecule has 1 amide bonds. The third-order valence-electron chi connectivity index (χ3n) is 6.78. The first-order valence-electron chi connectivity index (χ1n) is 11.7. The molecule has 0 N–H and O–H groups in total. The van der Waals surface area contributed by atoms with Crippen LogP contribution in [0.25, 0.3) is 0 Å². The molecular formula is C25H33N3O4S. The third-order valence-corrected chi connectivity index (χ3v) is 8.62. The van der Waals surface area contributed by atoms with Gasteiger partial charge in [-0.15, -0.1) is 0 Å². The molecule has 0 aliphatic carbocycles. The van der Waals surface area contributed by atoms with E-state index in [1.807, 2.05) is 29.2 Å². The fourth-order valence-corrected chi connectivity index (χ4v) is 6.04. The molecule has 0 unspecified atom stereocenters. The van der Waals surface area contributed by atoms with Gasteiger partial charge in [0, 0.05) is 32.7 Å². The van der Waals surface area contributed by atoms with Crippen LogP contribution in [0, 0.1) is 0 Å². The quantitative estimate of drug-likeness (QED) is 0.561. The summed E-state index contributed by atoms with van der Waals surface area (Å²) < 4.78 is 32.7. The van der Waals surface area contributed by atoms with Gasteiger partial charge in [0.25, 0.3) is 0 Å². The van der Waals surface area contributed by atoms with E-state index in [1.165, 1.54) is 4.31 Å². The Kier molecular flexibility index (Phi) is 7.67. The Morgan fingerprint density at radius 1 is 1.00 bits per heavy atom. The zero-order valence-electron chi connectivity index (χ0n) is 19.2. The Bertz CT molecular complexity index is 1010. The molecule has 2 aromatic rings. The standard InChI is InChI=1S/C25H33N3O4S/c1-26(33(30,31)24-10-6-3-7-11-24)20-22(21-8-4-2-5-9-21)12-15-27-16-13-23(14-17-27)28-18-19-32-25(28)29/h2-11,22-23H,12-20H2,1H3/t22-/m0/s1. The number of hydrogen-bond acceptors (Lipinski definition) is 5. The first-order valence-corrected chi connectivity index (χ1v) is 13.1. The van der Waals surface area contributed by atoms with Gasteiger partial charge in [0.1, 0.15) is 6.61 Å². The van der Waals surface area contributed by atoms with Crippen LogP contribution in [0.3, 0.4) is 0 Å². The van der Waals surface area contributed by atoms with Crippen molar-refractivity contribution in [1.82, 2.24) is 14.1 Å². The summed E-state index contributed by atoms with van der Waals surface area (Å²) in [5.41, 5.74) is 1.15. The molecule has 7 nitrogen and oxygen atoms in total. The molecule has 2 aliphatic rings. The topological polar surface area (TPSA) is 70.2 Å². The molecule has 0 saturated carbocycles. The van der Waals surface area contributed by atoms with E-state index in [0.717, 1.165) is 44.5 Å². The Balaban J connectivity index is 1.37. The SMILES string of the molecule is CN(C[C@H](CCN1CCC(N2CCOC2=O)CC1)c1ccccc1)S(=O)(=O)c1ccccc1. The van der Waals surface area contributed by atoms with Crippen LogP contribution in [0.4, 0.5) is 4.79 Å². The van der Waals surface area contributed by atoms with Gasteiger partial charge in [0.05, 0.1) is 11.4 Å². The van der Waals surface area contributed by atoms with Crippen molar-refractivity contribution >= 4 is 16.1 Å². The van der Waals surface area contributed by atoms with Crippen molar-refractivity contribution < 1.29 is 17.9 Å². The molecule has 0 bridgehead atoms. The van der Waals surface area contributed by atoms with Crippen molar-refractivity contribution in [3.05, 3.63) is 66.2 Å². The van der Waals surface area contributed by atoms with Gasteiger partial charge in [0.2, 0.25) is 10.0 Å². The van der Waals surface area contributed by atoms with E-state index in [4.69, 9.17) is 4.74 Å². The highest BCUT2D eigenvalue weighted by Gasteiger charge is 2.32. The van der Waals surface area contributed by atoms with Gasteiger partial charge in [-0.1, -0.05) is 48.5 Å². The number of benzene rings is 2. The lowest BCUT2D eigenvalue weighted by Crippen LogP contribution is -2.45. The second kappa shape index (κ2) is 10.7. The minimum atomic E-state index is -3.54. The lowest BCUT2D eigenvalue weighted by molar-refractivity contribution is 0.116. The molecule has 2 fully saturated rings. The molecule has 0 aromatic heterocycles. The molecule has 2 aliphatic heterocycles. The van der Waals surface area contributed by atoms with Crippen LogP contribution in [0.5, 0.6) is 0 Å². The predicted molar refractivity (Wildman–Crippen MR) is 128 cm³/mol. The van der Waals surface area contributed by atoms with Gasteiger partial charge < -0.3 is 14.5 Å². The molecule has 2 saturated heterocycles. The summed E-state index contributed by atoms with van der Waals surface area (Å²) in [6, 6.07) is 19.0. The number of sulfonamides is 1. The van der Waals surface area contributed by atoms with Gasteiger partial charge in [-0.2, -0.15) is 0 Å².